The Kier molecular flexibility index (Phi) is 4.05. The van der Waals surface area contributed by atoms with Crippen LogP contribution in [0.15, 0.2) is 64.0 Å². The topological polar surface area (TPSA) is 46.2 Å². The summed E-state index contributed by atoms with van der Waals surface area (Å²) in [5, 5.41) is 3.50. The molecule has 3 rings (SSSR count). The monoisotopic (exact) mass is 329 g/mol. The highest BCUT2D eigenvalue weighted by atomic mass is 35.5. The Labute approximate surface area is 137 Å². The number of Topliss-reactive ketones (excluding diaryl/α,β-unsaturated/α-hetero) is 2. The van der Waals surface area contributed by atoms with Crippen molar-refractivity contribution >= 4 is 34.9 Å². The van der Waals surface area contributed by atoms with E-state index in [0.717, 1.165) is 4.90 Å². The molecule has 0 atom stereocenters. The second-order valence-corrected chi connectivity index (χ2v) is 6.23. The number of hydrogen-bond donors (Lipinski definition) is 1. The Bertz CT molecular complexity index is 797. The van der Waals surface area contributed by atoms with E-state index in [9.17, 15) is 9.59 Å². The first-order valence-corrected chi connectivity index (χ1v) is 7.85. The van der Waals surface area contributed by atoms with Crippen molar-refractivity contribution in [1.29, 1.82) is 0 Å². The maximum absolute atomic E-state index is 12.7. The molecule has 0 aromatic heterocycles. The first-order valence-electron chi connectivity index (χ1n) is 6.65. The summed E-state index contributed by atoms with van der Waals surface area (Å²) in [6.45, 7) is 0. The molecular weight excluding hydrogens is 318 g/mol. The number of allylic oxidation sites excluding steroid dienone is 2. The third kappa shape index (κ3) is 2.56. The molecule has 0 spiro atoms. The van der Waals surface area contributed by atoms with E-state index in [4.69, 9.17) is 11.6 Å². The Morgan fingerprint density at radius 2 is 1.50 bits per heavy atom. The summed E-state index contributed by atoms with van der Waals surface area (Å²) in [4.78, 5) is 26.5. The molecule has 0 saturated carbocycles. The SMILES string of the molecule is CNC1=C(Sc2ccc(Cl)cc2)C(=O)c2ccccc2C1=O. The number of halogens is 1. The van der Waals surface area contributed by atoms with Crippen molar-refractivity contribution in [3.8, 4) is 0 Å². The molecule has 0 saturated heterocycles. The summed E-state index contributed by atoms with van der Waals surface area (Å²) in [6.07, 6.45) is 0. The van der Waals surface area contributed by atoms with E-state index in [1.165, 1.54) is 11.8 Å². The zero-order chi connectivity index (χ0) is 15.7. The van der Waals surface area contributed by atoms with Gasteiger partial charge in [-0.15, -0.1) is 0 Å². The summed E-state index contributed by atoms with van der Waals surface area (Å²) >= 11 is 7.14. The molecule has 110 valence electrons. The van der Waals surface area contributed by atoms with Crippen molar-refractivity contribution in [3.05, 3.63) is 75.3 Å². The fourth-order valence-corrected chi connectivity index (χ4v) is 3.43. The van der Waals surface area contributed by atoms with Crippen LogP contribution >= 0.6 is 23.4 Å². The normalized spacial score (nSPS) is 14.1. The van der Waals surface area contributed by atoms with E-state index in [1.807, 2.05) is 12.1 Å². The van der Waals surface area contributed by atoms with E-state index < -0.39 is 0 Å². The average Bonchev–Trinajstić information content (AvgIpc) is 2.55. The number of benzene rings is 2. The van der Waals surface area contributed by atoms with Crippen LogP contribution in [0.25, 0.3) is 0 Å². The molecule has 0 unspecified atom stereocenters. The Balaban J connectivity index is 2.06. The summed E-state index contributed by atoms with van der Waals surface area (Å²) < 4.78 is 0. The largest absolute Gasteiger partial charge is 0.384 e. The molecule has 0 amide bonds. The molecule has 1 aliphatic carbocycles. The third-order valence-electron chi connectivity index (χ3n) is 3.36. The van der Waals surface area contributed by atoms with Crippen molar-refractivity contribution in [3.63, 3.8) is 0 Å². The molecule has 0 fully saturated rings. The standard InChI is InChI=1S/C17H12ClNO2S/c1-19-14-15(20)12-4-2-3-5-13(12)16(21)17(14)22-11-8-6-10(18)7-9-11/h2-9,19H,1H3. The summed E-state index contributed by atoms with van der Waals surface area (Å²) in [5.74, 6) is -0.298. The lowest BCUT2D eigenvalue weighted by molar-refractivity contribution is 0.0976. The van der Waals surface area contributed by atoms with E-state index in [1.54, 1.807) is 43.4 Å². The van der Waals surface area contributed by atoms with Gasteiger partial charge in [0.1, 0.15) is 5.70 Å². The van der Waals surface area contributed by atoms with Crippen LogP contribution in [0.4, 0.5) is 0 Å². The molecule has 5 heteroatoms. The van der Waals surface area contributed by atoms with Crippen molar-refractivity contribution in [2.75, 3.05) is 7.05 Å². The minimum atomic E-state index is -0.158. The second kappa shape index (κ2) is 5.99. The number of nitrogens with one attached hydrogen (secondary N) is 1. The first kappa shape index (κ1) is 14.9. The smallest absolute Gasteiger partial charge is 0.210 e. The van der Waals surface area contributed by atoms with Gasteiger partial charge in [-0.05, 0) is 24.3 Å². The van der Waals surface area contributed by atoms with Crippen molar-refractivity contribution in [2.45, 2.75) is 4.90 Å². The van der Waals surface area contributed by atoms with Crippen LogP contribution in [-0.4, -0.2) is 18.6 Å². The fraction of sp³-hybridized carbons (Fsp3) is 0.0588. The maximum atomic E-state index is 12.7. The van der Waals surface area contributed by atoms with Gasteiger partial charge in [-0.25, -0.2) is 0 Å². The zero-order valence-corrected chi connectivity index (χ0v) is 13.3. The summed E-state index contributed by atoms with van der Waals surface area (Å²) in [5.41, 5.74) is 1.23. The quantitative estimate of drug-likeness (QED) is 0.926. The number of thioether (sulfide) groups is 1. The predicted octanol–water partition coefficient (Wildman–Crippen LogP) is 3.94. The van der Waals surface area contributed by atoms with Gasteiger partial charge in [0.15, 0.2) is 0 Å². The van der Waals surface area contributed by atoms with Crippen molar-refractivity contribution < 1.29 is 9.59 Å². The molecule has 0 heterocycles. The summed E-state index contributed by atoms with van der Waals surface area (Å²) in [6, 6.07) is 14.0. The van der Waals surface area contributed by atoms with Crippen LogP contribution in [0.1, 0.15) is 20.7 Å². The van der Waals surface area contributed by atoms with Gasteiger partial charge in [0.2, 0.25) is 11.6 Å². The number of hydrogen-bond acceptors (Lipinski definition) is 4. The van der Waals surface area contributed by atoms with E-state index in [-0.39, 0.29) is 11.6 Å². The average molecular weight is 330 g/mol. The van der Waals surface area contributed by atoms with Gasteiger partial charge in [0.05, 0.1) is 4.91 Å². The number of fused-ring (bicyclic) bond motifs is 1. The molecule has 0 aliphatic heterocycles. The van der Waals surface area contributed by atoms with E-state index >= 15 is 0 Å². The van der Waals surface area contributed by atoms with Crippen LogP contribution in [0, 0.1) is 0 Å². The van der Waals surface area contributed by atoms with Crippen LogP contribution in [0.5, 0.6) is 0 Å². The zero-order valence-electron chi connectivity index (χ0n) is 11.7. The maximum Gasteiger partial charge on any atom is 0.210 e. The third-order valence-corrected chi connectivity index (χ3v) is 4.71. The summed E-state index contributed by atoms with van der Waals surface area (Å²) in [7, 11) is 1.65. The van der Waals surface area contributed by atoms with Crippen molar-refractivity contribution in [1.82, 2.24) is 5.32 Å². The van der Waals surface area contributed by atoms with Crippen LogP contribution in [0.3, 0.4) is 0 Å². The molecule has 3 nitrogen and oxygen atoms in total. The Morgan fingerprint density at radius 3 is 2.09 bits per heavy atom. The van der Waals surface area contributed by atoms with Crippen LogP contribution < -0.4 is 5.32 Å². The first-order chi connectivity index (χ1) is 10.6. The van der Waals surface area contributed by atoms with Crippen LogP contribution in [0.2, 0.25) is 5.02 Å². The fourth-order valence-electron chi connectivity index (χ4n) is 2.30. The van der Waals surface area contributed by atoms with E-state index in [2.05, 4.69) is 5.32 Å². The van der Waals surface area contributed by atoms with Gasteiger partial charge in [0, 0.05) is 28.1 Å². The van der Waals surface area contributed by atoms with E-state index in [0.29, 0.717) is 26.8 Å². The molecule has 1 N–H and O–H groups in total. The minimum Gasteiger partial charge on any atom is -0.384 e. The van der Waals surface area contributed by atoms with Gasteiger partial charge in [-0.2, -0.15) is 0 Å². The van der Waals surface area contributed by atoms with Gasteiger partial charge >= 0.3 is 0 Å². The van der Waals surface area contributed by atoms with Gasteiger partial charge < -0.3 is 5.32 Å². The molecule has 2 aromatic rings. The predicted molar refractivity (Wildman–Crippen MR) is 88.5 cm³/mol. The molecule has 0 radical (unpaired) electrons. The minimum absolute atomic E-state index is 0.139. The van der Waals surface area contributed by atoms with Gasteiger partial charge in [0.25, 0.3) is 0 Å². The lowest BCUT2D eigenvalue weighted by Gasteiger charge is -2.20. The lowest BCUT2D eigenvalue weighted by Crippen LogP contribution is -2.27. The number of carbonyl (C=O) groups excluding carboxylic acids is 2. The Morgan fingerprint density at radius 1 is 0.909 bits per heavy atom. The Hall–Kier alpha value is -2.04. The number of rotatable bonds is 3. The van der Waals surface area contributed by atoms with Crippen molar-refractivity contribution in [2.24, 2.45) is 0 Å². The molecule has 2 aromatic carbocycles. The molecule has 0 bridgehead atoms. The molecular formula is C17H12ClNO2S. The van der Waals surface area contributed by atoms with Crippen LogP contribution in [-0.2, 0) is 0 Å². The highest BCUT2D eigenvalue weighted by Gasteiger charge is 2.32. The van der Waals surface area contributed by atoms with Gasteiger partial charge in [-0.3, -0.25) is 9.59 Å². The molecule has 1 aliphatic rings. The highest BCUT2D eigenvalue weighted by molar-refractivity contribution is 8.04. The number of ketones is 2. The lowest BCUT2D eigenvalue weighted by atomic mass is 9.92. The number of likely N-dealkylation sites (N-methyl/N-ethyl adjacent to an activating group) is 1. The van der Waals surface area contributed by atoms with Gasteiger partial charge in [-0.1, -0.05) is 47.6 Å². The number of carbonyl (C=O) groups is 2. The second-order valence-electron chi connectivity index (χ2n) is 4.71. The highest BCUT2D eigenvalue weighted by Crippen LogP contribution is 2.36. The molecule has 22 heavy (non-hydrogen) atoms.